The van der Waals surface area contributed by atoms with Gasteiger partial charge in [0.2, 0.25) is 5.91 Å². The first-order valence-electron chi connectivity index (χ1n) is 5.24. The largest absolute Gasteiger partial charge is 0.480 e. The fourth-order valence-corrected chi connectivity index (χ4v) is 2.49. The number of carbonyl (C=O) groups is 2. The highest BCUT2D eigenvalue weighted by molar-refractivity contribution is 7.99. The number of thioether (sulfide) groups is 1. The van der Waals surface area contributed by atoms with Gasteiger partial charge in [0.15, 0.2) is 0 Å². The van der Waals surface area contributed by atoms with Gasteiger partial charge in [0.05, 0.1) is 11.9 Å². The molecule has 0 aromatic heterocycles. The Morgan fingerprint density at radius 1 is 1.56 bits per heavy atom. The Hall–Kier alpha value is -0.750. The maximum atomic E-state index is 11.5. The van der Waals surface area contributed by atoms with Crippen LogP contribution < -0.4 is 0 Å². The normalized spacial score (nSPS) is 19.7. The molecule has 1 saturated heterocycles. The van der Waals surface area contributed by atoms with Crippen molar-refractivity contribution >= 4 is 23.6 Å². The Bertz CT molecular complexity index is 253. The van der Waals surface area contributed by atoms with Crippen molar-refractivity contribution in [1.82, 2.24) is 4.90 Å². The Balaban J connectivity index is 2.11. The Morgan fingerprint density at radius 3 is 2.88 bits per heavy atom. The lowest BCUT2D eigenvalue weighted by Gasteiger charge is -2.14. The predicted octanol–water partition coefficient (Wildman–Crippen LogP) is 0.442. The van der Waals surface area contributed by atoms with Crippen LogP contribution in [0, 0.1) is 0 Å². The van der Waals surface area contributed by atoms with Crippen molar-refractivity contribution in [3.05, 3.63) is 0 Å². The Kier molecular flexibility index (Phi) is 5.62. The molecule has 1 atom stereocenters. The molecule has 0 spiro atoms. The van der Waals surface area contributed by atoms with Crippen molar-refractivity contribution in [1.29, 1.82) is 0 Å². The number of carboxylic acid groups (broad SMARTS) is 1. The topological polar surface area (TPSA) is 66.8 Å². The van der Waals surface area contributed by atoms with E-state index in [-0.39, 0.29) is 18.6 Å². The van der Waals surface area contributed by atoms with Crippen molar-refractivity contribution < 1.29 is 19.4 Å². The van der Waals surface area contributed by atoms with Crippen molar-refractivity contribution in [2.75, 3.05) is 31.7 Å². The highest BCUT2D eigenvalue weighted by Gasteiger charge is 2.17. The van der Waals surface area contributed by atoms with E-state index in [0.29, 0.717) is 5.75 Å². The number of amides is 1. The summed E-state index contributed by atoms with van der Waals surface area (Å²) in [5.74, 6) is 0.00130. The molecule has 1 aliphatic heterocycles. The molecule has 1 aliphatic rings. The molecule has 1 unspecified atom stereocenters. The minimum atomic E-state index is -0.986. The molecule has 0 radical (unpaired) electrons. The number of aliphatic carboxylic acids is 1. The van der Waals surface area contributed by atoms with Crippen LogP contribution in [0.15, 0.2) is 0 Å². The highest BCUT2D eigenvalue weighted by atomic mass is 32.2. The minimum Gasteiger partial charge on any atom is -0.480 e. The fraction of sp³-hybridized carbons (Fsp3) is 0.800. The van der Waals surface area contributed by atoms with Crippen LogP contribution in [0.1, 0.15) is 12.8 Å². The lowest BCUT2D eigenvalue weighted by Crippen LogP contribution is -2.33. The van der Waals surface area contributed by atoms with Gasteiger partial charge in [-0.05, 0) is 12.8 Å². The van der Waals surface area contributed by atoms with Gasteiger partial charge in [-0.1, -0.05) is 0 Å². The molecular formula is C10H17NO4S. The van der Waals surface area contributed by atoms with Crippen LogP contribution >= 0.6 is 11.8 Å². The van der Waals surface area contributed by atoms with E-state index in [1.807, 2.05) is 0 Å². The van der Waals surface area contributed by atoms with E-state index in [1.165, 1.54) is 23.7 Å². The minimum absolute atomic E-state index is 0.148. The molecule has 5 nitrogen and oxygen atoms in total. The smallest absolute Gasteiger partial charge is 0.323 e. The Morgan fingerprint density at radius 2 is 2.31 bits per heavy atom. The third kappa shape index (κ3) is 4.85. The zero-order chi connectivity index (χ0) is 12.0. The number of carbonyl (C=O) groups excluding carboxylic acids is 1. The first-order chi connectivity index (χ1) is 7.59. The van der Waals surface area contributed by atoms with Gasteiger partial charge in [0, 0.05) is 19.4 Å². The van der Waals surface area contributed by atoms with Crippen LogP contribution in [-0.2, 0) is 14.3 Å². The average molecular weight is 247 g/mol. The zero-order valence-electron chi connectivity index (χ0n) is 9.35. The fourth-order valence-electron chi connectivity index (χ4n) is 1.45. The third-order valence-corrected chi connectivity index (χ3v) is 3.41. The number of rotatable bonds is 6. The van der Waals surface area contributed by atoms with Crippen LogP contribution in [0.25, 0.3) is 0 Å². The van der Waals surface area contributed by atoms with E-state index in [0.717, 1.165) is 25.2 Å². The van der Waals surface area contributed by atoms with Crippen LogP contribution in [0.5, 0.6) is 0 Å². The highest BCUT2D eigenvalue weighted by Crippen LogP contribution is 2.17. The standard InChI is InChI=1S/C10H17NO4S/c1-11(5-10(13)14)9(12)7-16-6-8-3-2-4-15-8/h8H,2-7H2,1H3,(H,13,14). The average Bonchev–Trinajstić information content (AvgIpc) is 2.69. The van der Waals surface area contributed by atoms with Crippen molar-refractivity contribution in [3.63, 3.8) is 0 Å². The molecule has 0 aromatic carbocycles. The van der Waals surface area contributed by atoms with Gasteiger partial charge < -0.3 is 14.7 Å². The summed E-state index contributed by atoms with van der Waals surface area (Å²) in [6, 6.07) is 0. The lowest BCUT2D eigenvalue weighted by atomic mass is 10.3. The number of ether oxygens (including phenoxy) is 1. The van der Waals surface area contributed by atoms with E-state index >= 15 is 0 Å². The summed E-state index contributed by atoms with van der Waals surface area (Å²) in [6.07, 6.45) is 2.42. The van der Waals surface area contributed by atoms with Gasteiger partial charge in [-0.3, -0.25) is 9.59 Å². The van der Waals surface area contributed by atoms with E-state index in [4.69, 9.17) is 9.84 Å². The molecule has 0 bridgehead atoms. The van der Waals surface area contributed by atoms with Gasteiger partial charge in [-0.15, -0.1) is 11.8 Å². The van der Waals surface area contributed by atoms with Crippen molar-refractivity contribution in [3.8, 4) is 0 Å². The summed E-state index contributed by atoms with van der Waals surface area (Å²) in [4.78, 5) is 23.1. The van der Waals surface area contributed by atoms with Gasteiger partial charge in [0.1, 0.15) is 6.54 Å². The van der Waals surface area contributed by atoms with Crippen LogP contribution in [0.2, 0.25) is 0 Å². The number of hydrogen-bond donors (Lipinski definition) is 1. The molecule has 0 aromatic rings. The number of likely N-dealkylation sites (N-methyl/N-ethyl adjacent to an activating group) is 1. The maximum absolute atomic E-state index is 11.5. The van der Waals surface area contributed by atoms with Crippen LogP contribution in [-0.4, -0.2) is 59.7 Å². The summed E-state index contributed by atoms with van der Waals surface area (Å²) >= 11 is 1.50. The molecule has 1 heterocycles. The van der Waals surface area contributed by atoms with E-state index in [9.17, 15) is 9.59 Å². The second-order valence-corrected chi connectivity index (χ2v) is 4.82. The number of carboxylic acids is 1. The SMILES string of the molecule is CN(CC(=O)O)C(=O)CSCC1CCCO1. The molecule has 16 heavy (non-hydrogen) atoms. The maximum Gasteiger partial charge on any atom is 0.323 e. The molecule has 0 saturated carbocycles. The number of hydrogen-bond acceptors (Lipinski definition) is 4. The number of nitrogens with zero attached hydrogens (tertiary/aromatic N) is 1. The molecule has 1 N–H and O–H groups in total. The summed E-state index contributed by atoms with van der Waals surface area (Å²) in [7, 11) is 1.50. The van der Waals surface area contributed by atoms with Crippen LogP contribution in [0.4, 0.5) is 0 Å². The second kappa shape index (κ2) is 6.75. The summed E-state index contributed by atoms with van der Waals surface area (Å²) in [6.45, 7) is 0.581. The molecule has 1 rings (SSSR count). The van der Waals surface area contributed by atoms with E-state index in [2.05, 4.69) is 0 Å². The van der Waals surface area contributed by atoms with Gasteiger partial charge >= 0.3 is 5.97 Å². The molecule has 0 aliphatic carbocycles. The molecule has 1 fully saturated rings. The molecule has 6 heteroatoms. The second-order valence-electron chi connectivity index (χ2n) is 3.79. The Labute approximate surface area is 99.1 Å². The predicted molar refractivity (Wildman–Crippen MR) is 61.6 cm³/mol. The first-order valence-corrected chi connectivity index (χ1v) is 6.40. The van der Waals surface area contributed by atoms with Crippen molar-refractivity contribution in [2.24, 2.45) is 0 Å². The van der Waals surface area contributed by atoms with Crippen LogP contribution in [0.3, 0.4) is 0 Å². The monoisotopic (exact) mass is 247 g/mol. The lowest BCUT2D eigenvalue weighted by molar-refractivity contribution is -0.142. The van der Waals surface area contributed by atoms with E-state index in [1.54, 1.807) is 0 Å². The third-order valence-electron chi connectivity index (χ3n) is 2.35. The summed E-state index contributed by atoms with van der Waals surface area (Å²) in [5, 5.41) is 8.51. The van der Waals surface area contributed by atoms with Gasteiger partial charge in [0.25, 0.3) is 0 Å². The van der Waals surface area contributed by atoms with E-state index < -0.39 is 5.97 Å². The summed E-state index contributed by atoms with van der Waals surface area (Å²) < 4.78 is 5.42. The summed E-state index contributed by atoms with van der Waals surface area (Å²) in [5.41, 5.74) is 0. The first kappa shape index (κ1) is 13.3. The molecule has 92 valence electrons. The quantitative estimate of drug-likeness (QED) is 0.738. The molecule has 1 amide bonds. The molecular weight excluding hydrogens is 230 g/mol. The van der Waals surface area contributed by atoms with Gasteiger partial charge in [-0.2, -0.15) is 0 Å². The van der Waals surface area contributed by atoms with Gasteiger partial charge in [-0.25, -0.2) is 0 Å². The zero-order valence-corrected chi connectivity index (χ0v) is 10.2. The van der Waals surface area contributed by atoms with Crippen molar-refractivity contribution in [2.45, 2.75) is 18.9 Å².